The first-order chi connectivity index (χ1) is 10.2. The molecule has 0 radical (unpaired) electrons. The Kier molecular flexibility index (Phi) is 3.39. The number of nitrogens with zero attached hydrogens (tertiary/aromatic N) is 1. The summed E-state index contributed by atoms with van der Waals surface area (Å²) in [6.45, 7) is 0. The average molecular weight is 278 g/mol. The van der Waals surface area contributed by atoms with Gasteiger partial charge in [0, 0.05) is 11.6 Å². The van der Waals surface area contributed by atoms with E-state index in [1.54, 1.807) is 18.3 Å². The molecule has 1 aromatic heterocycles. The standard InChI is InChI=1S/C16H14N4O/c17-12-7-1-2-8-13(12)19-16(21)20-14-9-3-5-11-6-4-10-18-15(11)14/h1-10H,17H2,(H2,19,20,21). The smallest absolute Gasteiger partial charge is 0.323 e. The van der Waals surface area contributed by atoms with E-state index in [4.69, 9.17) is 5.73 Å². The lowest BCUT2D eigenvalue weighted by Gasteiger charge is -2.10. The minimum Gasteiger partial charge on any atom is -0.397 e. The van der Waals surface area contributed by atoms with Gasteiger partial charge in [-0.1, -0.05) is 30.3 Å². The molecule has 0 spiro atoms. The first-order valence-electron chi connectivity index (χ1n) is 6.50. The maximum atomic E-state index is 12.1. The molecule has 0 aliphatic rings. The number of carbonyl (C=O) groups excluding carboxylic acids is 1. The van der Waals surface area contributed by atoms with Gasteiger partial charge >= 0.3 is 6.03 Å². The number of aromatic nitrogens is 1. The summed E-state index contributed by atoms with van der Waals surface area (Å²) in [6, 6.07) is 16.2. The van der Waals surface area contributed by atoms with Crippen LogP contribution in [0.15, 0.2) is 60.8 Å². The molecule has 3 rings (SSSR count). The van der Waals surface area contributed by atoms with Crippen LogP contribution in [0, 0.1) is 0 Å². The highest BCUT2D eigenvalue weighted by atomic mass is 16.2. The van der Waals surface area contributed by atoms with Crippen molar-refractivity contribution < 1.29 is 4.79 Å². The molecule has 0 saturated carbocycles. The topological polar surface area (TPSA) is 80.0 Å². The van der Waals surface area contributed by atoms with Crippen LogP contribution in [0.4, 0.5) is 21.9 Å². The fourth-order valence-corrected chi connectivity index (χ4v) is 2.09. The molecule has 5 heteroatoms. The van der Waals surface area contributed by atoms with Crippen LogP contribution < -0.4 is 16.4 Å². The molecule has 104 valence electrons. The predicted molar refractivity (Wildman–Crippen MR) is 85.2 cm³/mol. The van der Waals surface area contributed by atoms with Crippen LogP contribution in [0.1, 0.15) is 0 Å². The maximum absolute atomic E-state index is 12.1. The minimum atomic E-state index is -0.356. The maximum Gasteiger partial charge on any atom is 0.323 e. The van der Waals surface area contributed by atoms with Crippen molar-refractivity contribution in [2.75, 3.05) is 16.4 Å². The van der Waals surface area contributed by atoms with Gasteiger partial charge in [-0.05, 0) is 24.3 Å². The summed E-state index contributed by atoms with van der Waals surface area (Å²) in [5, 5.41) is 6.48. The number of nitrogen functional groups attached to an aromatic ring is 1. The van der Waals surface area contributed by atoms with E-state index in [2.05, 4.69) is 15.6 Å². The molecule has 0 aliphatic heterocycles. The van der Waals surface area contributed by atoms with Gasteiger partial charge in [-0.25, -0.2) is 4.79 Å². The summed E-state index contributed by atoms with van der Waals surface area (Å²) >= 11 is 0. The third-order valence-corrected chi connectivity index (χ3v) is 3.09. The Balaban J connectivity index is 1.82. The van der Waals surface area contributed by atoms with E-state index in [1.165, 1.54) is 0 Å². The van der Waals surface area contributed by atoms with Gasteiger partial charge in [0.2, 0.25) is 0 Å². The van der Waals surface area contributed by atoms with Gasteiger partial charge < -0.3 is 16.4 Å². The van der Waals surface area contributed by atoms with Gasteiger partial charge in [-0.15, -0.1) is 0 Å². The number of rotatable bonds is 2. The largest absolute Gasteiger partial charge is 0.397 e. The molecule has 0 saturated heterocycles. The van der Waals surface area contributed by atoms with Crippen LogP contribution in [0.25, 0.3) is 10.9 Å². The van der Waals surface area contributed by atoms with Crippen molar-refractivity contribution in [3.05, 3.63) is 60.8 Å². The van der Waals surface area contributed by atoms with E-state index in [-0.39, 0.29) is 6.03 Å². The highest BCUT2D eigenvalue weighted by molar-refractivity contribution is 6.05. The Morgan fingerprint density at radius 2 is 1.62 bits per heavy atom. The quantitative estimate of drug-likeness (QED) is 0.628. The zero-order valence-electron chi connectivity index (χ0n) is 11.2. The molecule has 2 aromatic carbocycles. The van der Waals surface area contributed by atoms with Crippen LogP contribution in [-0.4, -0.2) is 11.0 Å². The molecule has 1 heterocycles. The number of para-hydroxylation sites is 3. The van der Waals surface area contributed by atoms with Crippen molar-refractivity contribution in [1.82, 2.24) is 4.98 Å². The molecule has 0 atom stereocenters. The minimum absolute atomic E-state index is 0.356. The molecule has 0 unspecified atom stereocenters. The van der Waals surface area contributed by atoms with E-state index in [0.29, 0.717) is 17.1 Å². The molecule has 0 aliphatic carbocycles. The van der Waals surface area contributed by atoms with E-state index in [1.807, 2.05) is 42.5 Å². The summed E-state index contributed by atoms with van der Waals surface area (Å²) < 4.78 is 0. The van der Waals surface area contributed by atoms with Crippen LogP contribution >= 0.6 is 0 Å². The number of amides is 2. The SMILES string of the molecule is Nc1ccccc1NC(=O)Nc1cccc2cccnc12. The van der Waals surface area contributed by atoms with Gasteiger partial charge in [-0.3, -0.25) is 4.98 Å². The molecule has 2 amide bonds. The molecule has 4 N–H and O–H groups in total. The third kappa shape index (κ3) is 2.76. The molecule has 3 aromatic rings. The number of fused-ring (bicyclic) bond motifs is 1. The van der Waals surface area contributed by atoms with E-state index in [9.17, 15) is 4.79 Å². The van der Waals surface area contributed by atoms with Crippen LogP contribution in [0.2, 0.25) is 0 Å². The number of urea groups is 1. The Morgan fingerprint density at radius 3 is 2.48 bits per heavy atom. The number of anilines is 3. The number of carbonyl (C=O) groups is 1. The fraction of sp³-hybridized carbons (Fsp3) is 0. The predicted octanol–water partition coefficient (Wildman–Crippen LogP) is 3.46. The summed E-state index contributed by atoms with van der Waals surface area (Å²) in [6.07, 6.45) is 1.70. The molecular weight excluding hydrogens is 264 g/mol. The van der Waals surface area contributed by atoms with E-state index >= 15 is 0 Å². The average Bonchev–Trinajstić information content (AvgIpc) is 2.50. The summed E-state index contributed by atoms with van der Waals surface area (Å²) in [5.41, 5.74) is 8.29. The number of nitrogens with two attached hydrogens (primary N) is 1. The van der Waals surface area contributed by atoms with Gasteiger partial charge in [0.1, 0.15) is 0 Å². The summed E-state index contributed by atoms with van der Waals surface area (Å²) in [5.74, 6) is 0. The highest BCUT2D eigenvalue weighted by Gasteiger charge is 2.07. The van der Waals surface area contributed by atoms with Crippen molar-refractivity contribution in [3.8, 4) is 0 Å². The highest BCUT2D eigenvalue weighted by Crippen LogP contribution is 2.21. The van der Waals surface area contributed by atoms with Gasteiger partial charge in [0.15, 0.2) is 0 Å². The number of pyridine rings is 1. The van der Waals surface area contributed by atoms with Gasteiger partial charge in [0.25, 0.3) is 0 Å². The first kappa shape index (κ1) is 12.9. The monoisotopic (exact) mass is 278 g/mol. The summed E-state index contributed by atoms with van der Waals surface area (Å²) in [4.78, 5) is 16.4. The van der Waals surface area contributed by atoms with Crippen molar-refractivity contribution in [1.29, 1.82) is 0 Å². The second kappa shape index (κ2) is 5.50. The molecule has 0 fully saturated rings. The number of nitrogens with one attached hydrogen (secondary N) is 2. The number of hydrogen-bond donors (Lipinski definition) is 3. The Bertz CT molecular complexity index is 796. The Hall–Kier alpha value is -3.08. The van der Waals surface area contributed by atoms with Crippen LogP contribution in [0.5, 0.6) is 0 Å². The fourth-order valence-electron chi connectivity index (χ4n) is 2.09. The second-order valence-electron chi connectivity index (χ2n) is 4.55. The van der Waals surface area contributed by atoms with Crippen molar-refractivity contribution in [3.63, 3.8) is 0 Å². The van der Waals surface area contributed by atoms with Gasteiger partial charge in [-0.2, -0.15) is 0 Å². The molecule has 21 heavy (non-hydrogen) atoms. The normalized spacial score (nSPS) is 10.3. The van der Waals surface area contributed by atoms with Crippen molar-refractivity contribution >= 4 is 34.0 Å². The second-order valence-corrected chi connectivity index (χ2v) is 4.55. The zero-order chi connectivity index (χ0) is 14.7. The lowest BCUT2D eigenvalue weighted by molar-refractivity contribution is 0.262. The van der Waals surface area contributed by atoms with E-state index < -0.39 is 0 Å². The number of hydrogen-bond acceptors (Lipinski definition) is 3. The van der Waals surface area contributed by atoms with E-state index in [0.717, 1.165) is 10.9 Å². The van der Waals surface area contributed by atoms with Gasteiger partial charge in [0.05, 0.1) is 22.6 Å². The lowest BCUT2D eigenvalue weighted by atomic mass is 10.2. The Labute approximate surface area is 121 Å². The van der Waals surface area contributed by atoms with Crippen LogP contribution in [-0.2, 0) is 0 Å². The molecule has 0 bridgehead atoms. The molecule has 5 nitrogen and oxygen atoms in total. The first-order valence-corrected chi connectivity index (χ1v) is 6.50. The summed E-state index contributed by atoms with van der Waals surface area (Å²) in [7, 11) is 0. The zero-order valence-corrected chi connectivity index (χ0v) is 11.2. The van der Waals surface area contributed by atoms with Crippen molar-refractivity contribution in [2.45, 2.75) is 0 Å². The van der Waals surface area contributed by atoms with Crippen LogP contribution in [0.3, 0.4) is 0 Å². The Morgan fingerprint density at radius 1 is 0.905 bits per heavy atom. The molecular formula is C16H14N4O. The number of benzene rings is 2. The lowest BCUT2D eigenvalue weighted by Crippen LogP contribution is -2.20. The third-order valence-electron chi connectivity index (χ3n) is 3.09. The van der Waals surface area contributed by atoms with Crippen molar-refractivity contribution in [2.24, 2.45) is 0 Å².